The molecule has 308 valence electrons. The van der Waals surface area contributed by atoms with Gasteiger partial charge in [0.15, 0.2) is 11.8 Å². The van der Waals surface area contributed by atoms with Gasteiger partial charge in [-0.15, -0.1) is 0 Å². The summed E-state index contributed by atoms with van der Waals surface area (Å²) in [7, 11) is 0. The van der Waals surface area contributed by atoms with E-state index < -0.39 is 77.0 Å². The molecule has 1 spiro atoms. The Hall–Kier alpha value is -5.45. The first-order chi connectivity index (χ1) is 28.4. The normalized spacial score (nSPS) is 29.5. The number of cyclic esters (lactones) is 1. The van der Waals surface area contributed by atoms with Gasteiger partial charge in [-0.3, -0.25) is 19.2 Å². The van der Waals surface area contributed by atoms with E-state index in [2.05, 4.69) is 10.6 Å². The average Bonchev–Trinajstić information content (AvgIpc) is 3.96. The van der Waals surface area contributed by atoms with Crippen molar-refractivity contribution >= 4 is 35.8 Å². The summed E-state index contributed by atoms with van der Waals surface area (Å²) in [5.74, 6) is -3.78. The molecule has 0 radical (unpaired) electrons. The number of nitrogens with zero attached hydrogens (tertiary/aromatic N) is 1. The standard InChI is InChI=1S/C44H45N3O12/c1-42(2)24-54-40(52)37(42)56-32(49)15-14-26-9-3-6-12-30(26)23-47-35-39(51)55-31-21-44(35,41(53)46-22-25-8-7-13-27(18-25)38(50)45-16-17-48)36(59-47)34-33(31)57-43(58-34)19-28-10-4-5-11-29(28)20-43/h3-15,18,31,33-37,48H,16-17,19-24H2,1-2H3,(H,45,50)(H,46,53)/t31-,33+,34+,35+,36-,37+,44+/m1/s1. The monoisotopic (exact) mass is 807 g/mol. The molecule has 1 saturated carbocycles. The highest BCUT2D eigenvalue weighted by atomic mass is 16.8. The second kappa shape index (κ2) is 15.0. The molecule has 0 unspecified atom stereocenters. The van der Waals surface area contributed by atoms with Crippen LogP contribution in [0.1, 0.15) is 58.4 Å². The molecule has 3 aromatic rings. The number of aliphatic hydroxyl groups is 1. The number of carbonyl (C=O) groups excluding carboxylic acids is 5. The van der Waals surface area contributed by atoms with E-state index >= 15 is 0 Å². The number of hydroxylamine groups is 2. The Labute approximate surface area is 339 Å². The minimum absolute atomic E-state index is 0.0212. The first-order valence-electron chi connectivity index (χ1n) is 19.9. The molecule has 6 aliphatic rings. The summed E-state index contributed by atoms with van der Waals surface area (Å²) in [5, 5.41) is 16.3. The van der Waals surface area contributed by atoms with Crippen LogP contribution in [0.4, 0.5) is 0 Å². The molecule has 3 aromatic carbocycles. The van der Waals surface area contributed by atoms with Gasteiger partial charge in [-0.1, -0.05) is 74.5 Å². The van der Waals surface area contributed by atoms with Crippen LogP contribution in [-0.2, 0) is 73.6 Å². The van der Waals surface area contributed by atoms with Gasteiger partial charge in [-0.25, -0.2) is 9.59 Å². The topological polar surface area (TPSA) is 188 Å². The summed E-state index contributed by atoms with van der Waals surface area (Å²) in [4.78, 5) is 73.7. The maximum Gasteiger partial charge on any atom is 0.348 e. The number of rotatable bonds is 11. The van der Waals surface area contributed by atoms with Crippen LogP contribution in [-0.4, -0.2) is 102 Å². The Morgan fingerprint density at radius 1 is 0.932 bits per heavy atom. The van der Waals surface area contributed by atoms with Crippen molar-refractivity contribution in [1.82, 2.24) is 15.7 Å². The number of amides is 2. The number of ether oxygens (including phenoxy) is 5. The molecule has 9 rings (SSSR count). The number of aliphatic hydroxyl groups excluding tert-OH is 1. The Bertz CT molecular complexity index is 2220. The van der Waals surface area contributed by atoms with Gasteiger partial charge in [0.25, 0.3) is 5.91 Å². The number of fused-ring (bicyclic) bond motifs is 5. The highest BCUT2D eigenvalue weighted by molar-refractivity contribution is 5.95. The second-order valence-electron chi connectivity index (χ2n) is 16.7. The molecule has 0 aromatic heterocycles. The lowest BCUT2D eigenvalue weighted by Gasteiger charge is -2.48. The maximum atomic E-state index is 14.9. The van der Waals surface area contributed by atoms with E-state index in [-0.39, 0.29) is 45.2 Å². The molecule has 7 atom stereocenters. The summed E-state index contributed by atoms with van der Waals surface area (Å²) in [6, 6.07) is 20.8. The first kappa shape index (κ1) is 39.0. The Morgan fingerprint density at radius 3 is 2.42 bits per heavy atom. The lowest BCUT2D eigenvalue weighted by atomic mass is 9.62. The molecule has 15 nitrogen and oxygen atoms in total. The summed E-state index contributed by atoms with van der Waals surface area (Å²) in [6.07, 6.45) is -0.370. The number of benzene rings is 3. The molecule has 4 aliphatic heterocycles. The van der Waals surface area contributed by atoms with Gasteiger partial charge < -0.3 is 39.4 Å². The molecular formula is C44H45N3O12. The Morgan fingerprint density at radius 2 is 1.68 bits per heavy atom. The smallest absolute Gasteiger partial charge is 0.348 e. The van der Waals surface area contributed by atoms with Crippen molar-refractivity contribution in [3.8, 4) is 0 Å². The molecule has 2 bridgehead atoms. The van der Waals surface area contributed by atoms with Gasteiger partial charge in [-0.05, 0) is 46.0 Å². The van der Waals surface area contributed by atoms with E-state index in [4.69, 9.17) is 33.6 Å². The molecule has 15 heteroatoms. The fourth-order valence-corrected chi connectivity index (χ4v) is 9.46. The molecule has 3 N–H and O–H groups in total. The van der Waals surface area contributed by atoms with Gasteiger partial charge >= 0.3 is 17.9 Å². The van der Waals surface area contributed by atoms with E-state index in [9.17, 15) is 24.0 Å². The molecule has 4 saturated heterocycles. The van der Waals surface area contributed by atoms with Crippen LogP contribution in [0, 0.1) is 10.8 Å². The third kappa shape index (κ3) is 6.90. The minimum Gasteiger partial charge on any atom is -0.462 e. The zero-order valence-electron chi connectivity index (χ0n) is 32.6. The molecule has 59 heavy (non-hydrogen) atoms. The zero-order valence-corrected chi connectivity index (χ0v) is 32.6. The van der Waals surface area contributed by atoms with Crippen LogP contribution in [0.5, 0.6) is 0 Å². The maximum absolute atomic E-state index is 14.9. The third-order valence-electron chi connectivity index (χ3n) is 12.3. The highest BCUT2D eigenvalue weighted by Crippen LogP contribution is 2.58. The van der Waals surface area contributed by atoms with Crippen LogP contribution in [0.15, 0.2) is 78.9 Å². The zero-order chi connectivity index (χ0) is 41.1. The summed E-state index contributed by atoms with van der Waals surface area (Å²) in [6.45, 7) is 3.68. The van der Waals surface area contributed by atoms with Gasteiger partial charge in [0.2, 0.25) is 12.0 Å². The third-order valence-corrected chi connectivity index (χ3v) is 12.3. The van der Waals surface area contributed by atoms with E-state index in [1.165, 1.54) is 11.1 Å². The molecule has 2 aliphatic carbocycles. The van der Waals surface area contributed by atoms with Crippen LogP contribution < -0.4 is 10.6 Å². The van der Waals surface area contributed by atoms with Crippen LogP contribution in [0.25, 0.3) is 6.08 Å². The van der Waals surface area contributed by atoms with Crippen molar-refractivity contribution < 1.29 is 57.6 Å². The lowest BCUT2D eigenvalue weighted by molar-refractivity contribution is -0.217. The second-order valence-corrected chi connectivity index (χ2v) is 16.7. The van der Waals surface area contributed by atoms with Gasteiger partial charge in [-0.2, -0.15) is 5.06 Å². The van der Waals surface area contributed by atoms with Crippen LogP contribution in [0.2, 0.25) is 0 Å². The minimum atomic E-state index is -1.46. The average molecular weight is 808 g/mol. The van der Waals surface area contributed by atoms with Gasteiger partial charge in [0.1, 0.15) is 36.4 Å². The summed E-state index contributed by atoms with van der Waals surface area (Å²) >= 11 is 0. The quantitative estimate of drug-likeness (QED) is 0.146. The van der Waals surface area contributed by atoms with Crippen molar-refractivity contribution in [3.05, 3.63) is 112 Å². The van der Waals surface area contributed by atoms with E-state index in [0.29, 0.717) is 35.1 Å². The van der Waals surface area contributed by atoms with E-state index in [0.717, 1.165) is 11.1 Å². The SMILES string of the molecule is CC1(C)COC(=O)[C@@H]1OC(=O)C=Cc1ccccc1CN1O[C@@H]2[C@H]3OC4(Cc5ccccc5C4)O[C@H]3[C@H]3C[C@]2(C(=O)NCc2cccc(C(=O)NCCO)c2)[C@@H]1C(=O)O3. The summed E-state index contributed by atoms with van der Waals surface area (Å²) < 4.78 is 30.3. The highest BCUT2D eigenvalue weighted by Gasteiger charge is 2.76. The number of hydrogen-bond acceptors (Lipinski definition) is 13. The number of carbonyl (C=O) groups is 5. The van der Waals surface area contributed by atoms with E-state index in [1.54, 1.807) is 56.3 Å². The number of hydrogen-bond donors (Lipinski definition) is 3. The Kier molecular flexibility index (Phi) is 9.91. The van der Waals surface area contributed by atoms with Crippen molar-refractivity contribution in [1.29, 1.82) is 0 Å². The molecule has 4 heterocycles. The molecule has 2 amide bonds. The van der Waals surface area contributed by atoms with Crippen molar-refractivity contribution in [2.24, 2.45) is 10.8 Å². The van der Waals surface area contributed by atoms with Crippen molar-refractivity contribution in [2.45, 2.75) is 88.5 Å². The predicted molar refractivity (Wildman–Crippen MR) is 205 cm³/mol. The van der Waals surface area contributed by atoms with Crippen LogP contribution in [0.3, 0.4) is 0 Å². The number of nitrogens with one attached hydrogen (secondary N) is 2. The van der Waals surface area contributed by atoms with E-state index in [1.807, 2.05) is 36.4 Å². The first-order valence-corrected chi connectivity index (χ1v) is 19.9. The van der Waals surface area contributed by atoms with Crippen molar-refractivity contribution in [3.63, 3.8) is 0 Å². The molecule has 5 fully saturated rings. The fraction of sp³-hybridized carbons (Fsp3) is 0.432. The predicted octanol–water partition coefficient (Wildman–Crippen LogP) is 2.31. The largest absolute Gasteiger partial charge is 0.462 e. The summed E-state index contributed by atoms with van der Waals surface area (Å²) in [5.41, 5.74) is 2.35. The Balaban J connectivity index is 1.01. The van der Waals surface area contributed by atoms with Crippen molar-refractivity contribution in [2.75, 3.05) is 19.8 Å². The van der Waals surface area contributed by atoms with Gasteiger partial charge in [0, 0.05) is 49.4 Å². The molecular weight excluding hydrogens is 762 g/mol. The number of esters is 3. The van der Waals surface area contributed by atoms with Gasteiger partial charge in [0.05, 0.1) is 13.2 Å². The van der Waals surface area contributed by atoms with Crippen LogP contribution >= 0.6 is 0 Å². The fourth-order valence-electron chi connectivity index (χ4n) is 9.46. The lowest BCUT2D eigenvalue weighted by Crippen LogP contribution is -2.69.